The second-order valence-corrected chi connectivity index (χ2v) is 8.28. The highest BCUT2D eigenvalue weighted by Gasteiger charge is 2.13. The molecule has 0 saturated carbocycles. The third-order valence-corrected chi connectivity index (χ3v) is 6.16. The monoisotopic (exact) mass is 435 g/mol. The van der Waals surface area contributed by atoms with E-state index in [9.17, 15) is 0 Å². The Bertz CT molecular complexity index is 1330. The predicted molar refractivity (Wildman–Crippen MR) is 135 cm³/mol. The lowest BCUT2D eigenvalue weighted by Gasteiger charge is -2.28. The molecule has 0 unspecified atom stereocenters. The molecule has 0 amide bonds. The number of nitrogens with zero attached hydrogens (tertiary/aromatic N) is 3. The van der Waals surface area contributed by atoms with E-state index >= 15 is 0 Å². The van der Waals surface area contributed by atoms with Gasteiger partial charge in [-0.15, -0.1) is 0 Å². The maximum Gasteiger partial charge on any atom is 0.140 e. The van der Waals surface area contributed by atoms with Crippen LogP contribution in [-0.4, -0.2) is 42.8 Å². The van der Waals surface area contributed by atoms with Crippen LogP contribution in [0.4, 0.5) is 22.9 Å². The van der Waals surface area contributed by atoms with Gasteiger partial charge in [-0.3, -0.25) is 4.98 Å². The first-order valence-corrected chi connectivity index (χ1v) is 11.3. The summed E-state index contributed by atoms with van der Waals surface area (Å²) in [5.74, 6) is 0.805. The molecule has 0 aliphatic carbocycles. The molecule has 4 aromatic rings. The molecule has 0 bridgehead atoms. The highest BCUT2D eigenvalue weighted by atomic mass is 16.5. The van der Waals surface area contributed by atoms with Gasteiger partial charge in [0.15, 0.2) is 0 Å². The van der Waals surface area contributed by atoms with Crippen LogP contribution in [0.5, 0.6) is 0 Å². The van der Waals surface area contributed by atoms with Crippen molar-refractivity contribution in [1.29, 1.82) is 0 Å². The van der Waals surface area contributed by atoms with Gasteiger partial charge in [-0.1, -0.05) is 30.4 Å². The molecule has 0 spiro atoms. The molecule has 0 radical (unpaired) electrons. The van der Waals surface area contributed by atoms with Gasteiger partial charge in [0.1, 0.15) is 5.82 Å². The third-order valence-electron chi connectivity index (χ3n) is 6.16. The first kappa shape index (κ1) is 19.8. The van der Waals surface area contributed by atoms with Gasteiger partial charge in [-0.05, 0) is 48.0 Å². The van der Waals surface area contributed by atoms with E-state index in [1.54, 1.807) is 0 Å². The Labute approximate surface area is 192 Å². The number of hydrogen-bond donors (Lipinski definition) is 2. The molecule has 2 aromatic carbocycles. The average Bonchev–Trinajstić information content (AvgIpc) is 2.89. The van der Waals surface area contributed by atoms with Gasteiger partial charge in [-0.2, -0.15) is 0 Å². The molecule has 2 aromatic heterocycles. The lowest BCUT2D eigenvalue weighted by molar-refractivity contribution is 0.122. The van der Waals surface area contributed by atoms with Crippen molar-refractivity contribution in [2.45, 2.75) is 0 Å². The van der Waals surface area contributed by atoms with Crippen molar-refractivity contribution in [3.63, 3.8) is 0 Å². The van der Waals surface area contributed by atoms with Crippen LogP contribution in [0, 0.1) is 0 Å². The topological polar surface area (TPSA) is 62.3 Å². The number of hydrogen-bond acceptors (Lipinski definition) is 6. The minimum Gasteiger partial charge on any atom is -0.381 e. The number of benzene rings is 2. The predicted octanol–water partition coefficient (Wildman–Crippen LogP) is 5.32. The van der Waals surface area contributed by atoms with Gasteiger partial charge in [0, 0.05) is 53.8 Å². The minimum absolute atomic E-state index is 0.781. The van der Waals surface area contributed by atoms with Crippen molar-refractivity contribution < 1.29 is 4.74 Å². The van der Waals surface area contributed by atoms with E-state index in [1.165, 1.54) is 11.3 Å². The molecule has 164 valence electrons. The number of morpholine rings is 1. The fourth-order valence-corrected chi connectivity index (χ4v) is 4.41. The van der Waals surface area contributed by atoms with E-state index in [0.717, 1.165) is 72.2 Å². The summed E-state index contributed by atoms with van der Waals surface area (Å²) in [5, 5.41) is 7.95. The molecule has 6 heteroatoms. The number of nitrogens with one attached hydrogen (secondary N) is 2. The van der Waals surface area contributed by atoms with Crippen LogP contribution in [0.25, 0.3) is 28.2 Å². The fourth-order valence-electron chi connectivity index (χ4n) is 4.41. The van der Waals surface area contributed by atoms with E-state index in [1.807, 2.05) is 12.3 Å². The molecule has 6 nitrogen and oxygen atoms in total. The SMILES string of the molecule is C1=Cc2ccc(Nc3nc(-c4ccc(N5CCOCC5)cc4)cc4ncccc34)cc2NC1. The van der Waals surface area contributed by atoms with Crippen molar-refractivity contribution in [3.8, 4) is 11.3 Å². The number of anilines is 4. The van der Waals surface area contributed by atoms with Crippen molar-refractivity contribution in [2.75, 3.05) is 48.4 Å². The summed E-state index contributed by atoms with van der Waals surface area (Å²) in [6, 6.07) is 21.0. The molecule has 4 heterocycles. The molecule has 0 atom stereocenters. The zero-order valence-corrected chi connectivity index (χ0v) is 18.3. The lowest BCUT2D eigenvalue weighted by Crippen LogP contribution is -2.36. The number of pyridine rings is 2. The molecule has 2 aliphatic heterocycles. The van der Waals surface area contributed by atoms with Crippen LogP contribution in [0.2, 0.25) is 0 Å². The molecule has 2 N–H and O–H groups in total. The van der Waals surface area contributed by atoms with E-state index < -0.39 is 0 Å². The minimum atomic E-state index is 0.781. The van der Waals surface area contributed by atoms with Gasteiger partial charge in [0.2, 0.25) is 0 Å². The van der Waals surface area contributed by atoms with Crippen molar-refractivity contribution in [1.82, 2.24) is 9.97 Å². The van der Waals surface area contributed by atoms with Gasteiger partial charge < -0.3 is 20.3 Å². The first-order chi connectivity index (χ1) is 16.3. The van der Waals surface area contributed by atoms with Crippen LogP contribution in [0.1, 0.15) is 5.56 Å². The Kier molecular flexibility index (Phi) is 5.13. The number of fused-ring (bicyclic) bond motifs is 2. The van der Waals surface area contributed by atoms with E-state index in [2.05, 4.69) is 87.3 Å². The molecular formula is C27H25N5O. The maximum absolute atomic E-state index is 5.47. The summed E-state index contributed by atoms with van der Waals surface area (Å²) >= 11 is 0. The van der Waals surface area contributed by atoms with Crippen LogP contribution in [0.15, 0.2) is 72.9 Å². The second kappa shape index (κ2) is 8.56. The van der Waals surface area contributed by atoms with Crippen molar-refractivity contribution >= 4 is 39.9 Å². The van der Waals surface area contributed by atoms with E-state index in [-0.39, 0.29) is 0 Å². The van der Waals surface area contributed by atoms with E-state index in [0.29, 0.717) is 0 Å². The highest BCUT2D eigenvalue weighted by molar-refractivity contribution is 5.94. The standard InChI is InChI=1S/C27H25N5O/c1-3-19-5-8-21(17-24(19)28-11-1)30-27-23-4-2-12-29-26(23)18-25(31-27)20-6-9-22(10-7-20)32-13-15-33-16-14-32/h1-10,12,17-18,28H,11,13-16H2,(H,30,31). The summed E-state index contributed by atoms with van der Waals surface area (Å²) in [7, 11) is 0. The molecule has 6 rings (SSSR count). The number of rotatable bonds is 4. The van der Waals surface area contributed by atoms with Crippen molar-refractivity contribution in [2.24, 2.45) is 0 Å². The molecule has 1 fully saturated rings. The van der Waals surface area contributed by atoms with Crippen LogP contribution >= 0.6 is 0 Å². The molecule has 2 aliphatic rings. The Hall–Kier alpha value is -3.90. The Morgan fingerprint density at radius 1 is 0.970 bits per heavy atom. The largest absolute Gasteiger partial charge is 0.381 e. The summed E-state index contributed by atoms with van der Waals surface area (Å²) < 4.78 is 5.47. The number of aromatic nitrogens is 2. The van der Waals surface area contributed by atoms with Gasteiger partial charge in [0.05, 0.1) is 24.4 Å². The fraction of sp³-hybridized carbons (Fsp3) is 0.185. The Morgan fingerprint density at radius 3 is 2.73 bits per heavy atom. The van der Waals surface area contributed by atoms with Gasteiger partial charge in [0.25, 0.3) is 0 Å². The summed E-state index contributed by atoms with van der Waals surface area (Å²) in [5.41, 5.74) is 7.42. The second-order valence-electron chi connectivity index (χ2n) is 8.28. The number of ether oxygens (including phenoxy) is 1. The average molecular weight is 436 g/mol. The van der Waals surface area contributed by atoms with Crippen LogP contribution < -0.4 is 15.5 Å². The van der Waals surface area contributed by atoms with Crippen LogP contribution in [-0.2, 0) is 4.74 Å². The Balaban J connectivity index is 1.35. The summed E-state index contributed by atoms with van der Waals surface area (Å²) in [6.07, 6.45) is 6.10. The van der Waals surface area contributed by atoms with Gasteiger partial charge >= 0.3 is 0 Å². The molecule has 1 saturated heterocycles. The van der Waals surface area contributed by atoms with Crippen molar-refractivity contribution in [3.05, 3.63) is 78.5 Å². The van der Waals surface area contributed by atoms with Crippen LogP contribution in [0.3, 0.4) is 0 Å². The zero-order chi connectivity index (χ0) is 22.0. The Morgan fingerprint density at radius 2 is 1.85 bits per heavy atom. The third kappa shape index (κ3) is 4.01. The normalized spacial score (nSPS) is 15.2. The smallest absolute Gasteiger partial charge is 0.140 e. The quantitative estimate of drug-likeness (QED) is 0.453. The lowest BCUT2D eigenvalue weighted by atomic mass is 10.1. The highest BCUT2D eigenvalue weighted by Crippen LogP contribution is 2.32. The van der Waals surface area contributed by atoms with Gasteiger partial charge in [-0.25, -0.2) is 4.98 Å². The maximum atomic E-state index is 5.47. The summed E-state index contributed by atoms with van der Waals surface area (Å²) in [6.45, 7) is 4.26. The molecular weight excluding hydrogens is 410 g/mol. The summed E-state index contributed by atoms with van der Waals surface area (Å²) in [4.78, 5) is 12.0. The zero-order valence-electron chi connectivity index (χ0n) is 18.3. The molecule has 33 heavy (non-hydrogen) atoms. The first-order valence-electron chi connectivity index (χ1n) is 11.3. The van der Waals surface area contributed by atoms with E-state index in [4.69, 9.17) is 9.72 Å².